The van der Waals surface area contributed by atoms with Crippen LogP contribution in [0.4, 0.5) is 0 Å². The maximum atomic E-state index is 6.45. The summed E-state index contributed by atoms with van der Waals surface area (Å²) in [6, 6.07) is 0. The van der Waals surface area contributed by atoms with Crippen LogP contribution >= 0.6 is 0 Å². The molecule has 124 valence electrons. The fourth-order valence-electron chi connectivity index (χ4n) is 2.47. The van der Waals surface area contributed by atoms with E-state index >= 15 is 0 Å². The molecule has 5 heteroatoms. The van der Waals surface area contributed by atoms with Gasteiger partial charge in [0.2, 0.25) is 0 Å². The first kappa shape index (κ1) is 19.1. The molecule has 1 saturated heterocycles. The van der Waals surface area contributed by atoms with Crippen LogP contribution in [0.3, 0.4) is 0 Å². The Labute approximate surface area is 135 Å². The Morgan fingerprint density at radius 1 is 1.19 bits per heavy atom. The highest BCUT2D eigenvalue weighted by atomic mass is 28.4. The SMILES string of the molecule is C=C[SiH](CO[Si](C)(C)C(C)(C)C)N1CCN(CCC)CC1. The van der Waals surface area contributed by atoms with Crippen molar-refractivity contribution >= 4 is 17.3 Å². The molecule has 0 spiro atoms. The summed E-state index contributed by atoms with van der Waals surface area (Å²) in [6.45, 7) is 24.1. The lowest BCUT2D eigenvalue weighted by molar-refractivity contribution is 0.183. The monoisotopic (exact) mass is 328 g/mol. The second kappa shape index (κ2) is 8.06. The van der Waals surface area contributed by atoms with Crippen molar-refractivity contribution in [1.29, 1.82) is 0 Å². The van der Waals surface area contributed by atoms with Gasteiger partial charge in [-0.05, 0) is 31.1 Å². The molecular weight excluding hydrogens is 292 g/mol. The first-order valence-corrected chi connectivity index (χ1v) is 13.3. The topological polar surface area (TPSA) is 15.7 Å². The van der Waals surface area contributed by atoms with Crippen molar-refractivity contribution in [3.63, 3.8) is 0 Å². The van der Waals surface area contributed by atoms with E-state index in [2.05, 4.69) is 62.5 Å². The van der Waals surface area contributed by atoms with Crippen LogP contribution in [-0.2, 0) is 4.43 Å². The molecule has 0 aromatic heterocycles. The van der Waals surface area contributed by atoms with Crippen molar-refractivity contribution in [2.24, 2.45) is 0 Å². The number of hydrogen-bond donors (Lipinski definition) is 0. The van der Waals surface area contributed by atoms with E-state index in [4.69, 9.17) is 4.43 Å². The normalized spacial score (nSPS) is 20.5. The summed E-state index contributed by atoms with van der Waals surface area (Å²) < 4.78 is 9.12. The summed E-state index contributed by atoms with van der Waals surface area (Å²) in [7, 11) is -2.75. The van der Waals surface area contributed by atoms with Crippen LogP contribution < -0.4 is 0 Å². The van der Waals surface area contributed by atoms with E-state index in [1.165, 1.54) is 39.1 Å². The molecule has 21 heavy (non-hydrogen) atoms. The van der Waals surface area contributed by atoms with E-state index in [0.717, 1.165) is 6.23 Å². The van der Waals surface area contributed by atoms with Crippen molar-refractivity contribution in [2.45, 2.75) is 52.2 Å². The van der Waals surface area contributed by atoms with Crippen LogP contribution in [0.1, 0.15) is 34.1 Å². The average Bonchev–Trinajstić information content (AvgIpc) is 2.40. The van der Waals surface area contributed by atoms with Gasteiger partial charge in [0.05, 0.1) is 0 Å². The maximum Gasteiger partial charge on any atom is 0.191 e. The van der Waals surface area contributed by atoms with Crippen LogP contribution in [-0.4, -0.2) is 65.7 Å². The van der Waals surface area contributed by atoms with Crippen LogP contribution in [0.15, 0.2) is 12.3 Å². The highest BCUT2D eigenvalue weighted by Crippen LogP contribution is 2.36. The van der Waals surface area contributed by atoms with Gasteiger partial charge >= 0.3 is 0 Å². The Kier molecular flexibility index (Phi) is 7.33. The third-order valence-corrected chi connectivity index (χ3v) is 12.4. The van der Waals surface area contributed by atoms with Crippen molar-refractivity contribution in [3.8, 4) is 0 Å². The molecule has 1 unspecified atom stereocenters. The molecule has 1 atom stereocenters. The maximum absolute atomic E-state index is 6.45. The average molecular weight is 329 g/mol. The molecule has 1 aliphatic rings. The highest BCUT2D eigenvalue weighted by Gasteiger charge is 2.38. The lowest BCUT2D eigenvalue weighted by atomic mass is 10.2. The molecule has 0 bridgehead atoms. The molecule has 0 amide bonds. The second-order valence-corrected chi connectivity index (χ2v) is 15.2. The van der Waals surface area contributed by atoms with Crippen molar-refractivity contribution in [1.82, 2.24) is 9.47 Å². The van der Waals surface area contributed by atoms with Gasteiger partial charge in [0.15, 0.2) is 17.3 Å². The Balaban J connectivity index is 2.48. The molecular formula is C16H36N2OSi2. The van der Waals surface area contributed by atoms with Crippen LogP contribution in [0, 0.1) is 0 Å². The summed E-state index contributed by atoms with van der Waals surface area (Å²) in [6.07, 6.45) is 2.20. The highest BCUT2D eigenvalue weighted by molar-refractivity contribution is 6.75. The van der Waals surface area contributed by atoms with Gasteiger partial charge in [-0.1, -0.05) is 33.4 Å². The Bertz CT molecular complexity index is 321. The van der Waals surface area contributed by atoms with Crippen LogP contribution in [0.2, 0.25) is 18.1 Å². The smallest absolute Gasteiger partial charge is 0.191 e. The van der Waals surface area contributed by atoms with E-state index in [9.17, 15) is 0 Å². The summed E-state index contributed by atoms with van der Waals surface area (Å²) in [5.41, 5.74) is 2.21. The number of nitrogens with zero attached hydrogens (tertiary/aromatic N) is 2. The minimum atomic E-state index is -1.62. The Morgan fingerprint density at radius 3 is 2.19 bits per heavy atom. The minimum absolute atomic E-state index is 0.299. The molecule has 0 radical (unpaired) electrons. The number of piperazine rings is 1. The summed E-state index contributed by atoms with van der Waals surface area (Å²) in [5.74, 6) is 0. The van der Waals surface area contributed by atoms with Crippen LogP contribution in [0.25, 0.3) is 0 Å². The summed E-state index contributed by atoms with van der Waals surface area (Å²) >= 11 is 0. The molecule has 1 aliphatic heterocycles. The van der Waals surface area contributed by atoms with Gasteiger partial charge < -0.3 is 13.9 Å². The molecule has 0 aromatic rings. The third kappa shape index (κ3) is 5.64. The molecule has 1 rings (SSSR count). The molecule has 0 N–H and O–H groups in total. The van der Waals surface area contributed by atoms with Gasteiger partial charge in [-0.15, -0.1) is 6.58 Å². The molecule has 1 fully saturated rings. The van der Waals surface area contributed by atoms with Crippen molar-refractivity contribution < 1.29 is 4.43 Å². The minimum Gasteiger partial charge on any atom is -0.418 e. The fourth-order valence-corrected chi connectivity index (χ4v) is 6.79. The molecule has 0 aliphatic carbocycles. The van der Waals surface area contributed by atoms with E-state index in [-0.39, 0.29) is 0 Å². The van der Waals surface area contributed by atoms with Gasteiger partial charge in [0.1, 0.15) is 0 Å². The fraction of sp³-hybridized carbons (Fsp3) is 0.875. The van der Waals surface area contributed by atoms with Gasteiger partial charge in [0, 0.05) is 32.4 Å². The molecule has 0 saturated carbocycles. The van der Waals surface area contributed by atoms with Gasteiger partial charge in [-0.25, -0.2) is 0 Å². The third-order valence-electron chi connectivity index (χ3n) is 5.11. The Hall–Kier alpha value is 0.0538. The standard InChI is InChI=1S/C16H36N2OSi2/c1-8-10-17-11-13-18(14-12-17)20(9-2)15-19-21(6,7)16(3,4)5/h9,20H,2,8,10-15H2,1,3-7H3. The zero-order valence-corrected chi connectivity index (χ0v) is 17.3. The van der Waals surface area contributed by atoms with Crippen LogP contribution in [0.5, 0.6) is 0 Å². The van der Waals surface area contributed by atoms with E-state index in [1.807, 2.05) is 0 Å². The Morgan fingerprint density at radius 2 is 1.76 bits per heavy atom. The largest absolute Gasteiger partial charge is 0.418 e. The van der Waals surface area contributed by atoms with Crippen molar-refractivity contribution in [2.75, 3.05) is 39.0 Å². The van der Waals surface area contributed by atoms with E-state index in [0.29, 0.717) is 5.04 Å². The zero-order chi connectivity index (χ0) is 16.1. The first-order chi connectivity index (χ1) is 9.71. The van der Waals surface area contributed by atoms with Gasteiger partial charge in [-0.2, -0.15) is 0 Å². The summed E-state index contributed by atoms with van der Waals surface area (Å²) in [4.78, 5) is 2.58. The lowest BCUT2D eigenvalue weighted by Gasteiger charge is -2.41. The predicted octanol–water partition coefficient (Wildman–Crippen LogP) is 3.02. The van der Waals surface area contributed by atoms with Gasteiger partial charge in [0.25, 0.3) is 0 Å². The number of rotatable bonds is 7. The number of hydrogen-bond acceptors (Lipinski definition) is 3. The second-order valence-electron chi connectivity index (χ2n) is 7.75. The quantitative estimate of drug-likeness (QED) is 0.668. The molecule has 3 nitrogen and oxygen atoms in total. The van der Waals surface area contributed by atoms with E-state index in [1.54, 1.807) is 0 Å². The predicted molar refractivity (Wildman–Crippen MR) is 98.8 cm³/mol. The first-order valence-electron chi connectivity index (χ1n) is 8.44. The molecule has 0 aromatic carbocycles. The molecule has 1 heterocycles. The van der Waals surface area contributed by atoms with E-state index < -0.39 is 17.3 Å². The summed E-state index contributed by atoms with van der Waals surface area (Å²) in [5, 5.41) is 0.299. The van der Waals surface area contributed by atoms with Crippen molar-refractivity contribution in [3.05, 3.63) is 12.3 Å². The zero-order valence-electron chi connectivity index (χ0n) is 15.1. The lowest BCUT2D eigenvalue weighted by Crippen LogP contribution is -2.55. The van der Waals surface area contributed by atoms with Gasteiger partial charge in [-0.3, -0.25) is 0 Å².